The Bertz CT molecular complexity index is 1630. The smallest absolute Gasteiger partial charge is 0.180 e. The lowest BCUT2D eigenvalue weighted by Crippen LogP contribution is -2.44. The number of aromatic nitrogens is 5. The molecular formula is C32H39Cl2N5O4Si. The van der Waals surface area contributed by atoms with E-state index in [0.717, 1.165) is 61.5 Å². The molecule has 2 bridgehead atoms. The summed E-state index contributed by atoms with van der Waals surface area (Å²) >= 11 is 13.1. The highest BCUT2D eigenvalue weighted by Gasteiger charge is 2.55. The Labute approximate surface area is 268 Å². The van der Waals surface area contributed by atoms with Crippen LogP contribution < -0.4 is 0 Å². The molecule has 3 aliphatic rings. The molecule has 9 nitrogen and oxygen atoms in total. The molecule has 3 aliphatic carbocycles. The Morgan fingerprint density at radius 1 is 1.09 bits per heavy atom. The molecule has 0 saturated heterocycles. The molecular weight excluding hydrogens is 617 g/mol. The summed E-state index contributed by atoms with van der Waals surface area (Å²) in [7, 11) is -1.16. The largest absolute Gasteiger partial charge is 0.385 e. The Balaban J connectivity index is 1.05. The van der Waals surface area contributed by atoms with Crippen LogP contribution in [0.5, 0.6) is 0 Å². The van der Waals surface area contributed by atoms with E-state index in [-0.39, 0.29) is 17.9 Å². The predicted octanol–water partition coefficient (Wildman–Crippen LogP) is 7.57. The second-order valence-electron chi connectivity index (χ2n) is 13.9. The zero-order valence-corrected chi connectivity index (χ0v) is 27.9. The highest BCUT2D eigenvalue weighted by Crippen LogP contribution is 2.56. The molecule has 0 spiro atoms. The van der Waals surface area contributed by atoms with Crippen molar-refractivity contribution in [3.8, 4) is 11.3 Å². The SMILES string of the molecule is C[Si](C)(C)CCOCn1nnc2cc([C@]3(O)[C@@H]4CC[C@H]3C[C@@H](OCc3c(-c5c(Cl)cccc5Cl)noc3C3CC3)C4)cnc21. The van der Waals surface area contributed by atoms with E-state index in [0.29, 0.717) is 58.3 Å². The van der Waals surface area contributed by atoms with Crippen LogP contribution in [0.4, 0.5) is 0 Å². The fourth-order valence-corrected chi connectivity index (χ4v) is 8.39. The van der Waals surface area contributed by atoms with Gasteiger partial charge in [0.2, 0.25) is 0 Å². The molecule has 3 aromatic heterocycles. The number of nitrogens with zero attached hydrogens (tertiary/aromatic N) is 5. The third kappa shape index (κ3) is 5.73. The van der Waals surface area contributed by atoms with Gasteiger partial charge in [-0.1, -0.05) is 59.3 Å². The molecule has 3 heterocycles. The van der Waals surface area contributed by atoms with Crippen LogP contribution in [-0.2, 0) is 28.4 Å². The first kappa shape index (κ1) is 30.3. The summed E-state index contributed by atoms with van der Waals surface area (Å²) in [6.07, 6.45) is 7.37. The lowest BCUT2D eigenvalue weighted by molar-refractivity contribution is -0.116. The maximum Gasteiger partial charge on any atom is 0.180 e. The molecule has 1 aromatic carbocycles. The molecule has 4 aromatic rings. The van der Waals surface area contributed by atoms with Gasteiger partial charge in [0, 0.05) is 43.5 Å². The molecule has 234 valence electrons. The highest BCUT2D eigenvalue weighted by molar-refractivity contribution is 6.76. The van der Waals surface area contributed by atoms with Crippen LogP contribution in [0, 0.1) is 11.8 Å². The van der Waals surface area contributed by atoms with Crippen LogP contribution in [0.1, 0.15) is 61.3 Å². The van der Waals surface area contributed by atoms with Crippen LogP contribution in [0.15, 0.2) is 35.0 Å². The van der Waals surface area contributed by atoms with Crippen LogP contribution in [0.25, 0.3) is 22.4 Å². The van der Waals surface area contributed by atoms with E-state index in [1.54, 1.807) is 10.9 Å². The normalized spacial score (nSPS) is 25.3. The zero-order valence-electron chi connectivity index (χ0n) is 25.4. The standard InChI is InChI=1S/C32H39Cl2N5O4Si/c1-44(2,3)12-11-41-18-39-31-27(36-38-39)15-22(16-35-31)32(40)20-9-10-21(32)14-23(13-20)42-17-24-29(37-43-30(24)19-7-8-19)28-25(33)5-4-6-26(28)34/h4-6,15-16,19-21,23,40H,7-14,17-18H2,1-3H3/t20-,21+,23+,32+. The van der Waals surface area contributed by atoms with Crippen molar-refractivity contribution in [2.75, 3.05) is 6.61 Å². The number of hydrogen-bond donors (Lipinski definition) is 1. The van der Waals surface area contributed by atoms with Gasteiger partial charge in [0.25, 0.3) is 0 Å². The van der Waals surface area contributed by atoms with Gasteiger partial charge in [0.05, 0.1) is 28.4 Å². The van der Waals surface area contributed by atoms with Crippen molar-refractivity contribution in [3.05, 3.63) is 57.4 Å². The van der Waals surface area contributed by atoms with E-state index in [4.69, 9.17) is 42.2 Å². The van der Waals surface area contributed by atoms with E-state index in [2.05, 4.69) is 35.1 Å². The molecule has 0 radical (unpaired) electrons. The zero-order chi connectivity index (χ0) is 30.6. The first-order chi connectivity index (χ1) is 21.1. The fraction of sp³-hybridized carbons (Fsp3) is 0.562. The number of fused-ring (bicyclic) bond motifs is 3. The van der Waals surface area contributed by atoms with E-state index in [9.17, 15) is 5.11 Å². The van der Waals surface area contributed by atoms with Gasteiger partial charge >= 0.3 is 0 Å². The van der Waals surface area contributed by atoms with E-state index < -0.39 is 13.7 Å². The molecule has 0 unspecified atom stereocenters. The lowest BCUT2D eigenvalue weighted by Gasteiger charge is -2.42. The number of halogens is 2. The lowest BCUT2D eigenvalue weighted by atomic mass is 9.70. The second kappa shape index (κ2) is 11.8. The summed E-state index contributed by atoms with van der Waals surface area (Å²) in [5.41, 5.74) is 3.46. The number of rotatable bonds is 11. The van der Waals surface area contributed by atoms with E-state index >= 15 is 0 Å². The Hall–Kier alpha value is -2.34. The second-order valence-corrected chi connectivity index (χ2v) is 20.4. The topological polar surface area (TPSA) is 108 Å². The molecule has 0 aliphatic heterocycles. The molecule has 3 fully saturated rings. The summed E-state index contributed by atoms with van der Waals surface area (Å²) in [5, 5.41) is 26.3. The maximum absolute atomic E-state index is 12.2. The summed E-state index contributed by atoms with van der Waals surface area (Å²) in [5.74, 6) is 1.36. The van der Waals surface area contributed by atoms with Gasteiger partial charge in [-0.15, -0.1) is 5.10 Å². The minimum atomic E-state index is -1.16. The van der Waals surface area contributed by atoms with Gasteiger partial charge < -0.3 is 19.1 Å². The van der Waals surface area contributed by atoms with Gasteiger partial charge in [-0.25, -0.2) is 9.67 Å². The fourth-order valence-electron chi connectivity index (χ4n) is 7.06. The predicted molar refractivity (Wildman–Crippen MR) is 171 cm³/mol. The first-order valence-electron chi connectivity index (χ1n) is 15.7. The molecule has 44 heavy (non-hydrogen) atoms. The molecule has 4 atom stereocenters. The van der Waals surface area contributed by atoms with Gasteiger partial charge in [0.1, 0.15) is 23.7 Å². The van der Waals surface area contributed by atoms with Crippen molar-refractivity contribution in [3.63, 3.8) is 0 Å². The number of pyridine rings is 1. The van der Waals surface area contributed by atoms with Crippen LogP contribution in [0.3, 0.4) is 0 Å². The maximum atomic E-state index is 12.2. The van der Waals surface area contributed by atoms with Crippen molar-refractivity contribution in [1.82, 2.24) is 25.1 Å². The first-order valence-corrected chi connectivity index (χ1v) is 20.1. The van der Waals surface area contributed by atoms with Crippen molar-refractivity contribution >= 4 is 42.4 Å². The van der Waals surface area contributed by atoms with Gasteiger partial charge in [0.15, 0.2) is 5.65 Å². The van der Waals surface area contributed by atoms with Crippen LogP contribution >= 0.6 is 23.2 Å². The number of ether oxygens (including phenoxy) is 2. The molecule has 3 saturated carbocycles. The minimum Gasteiger partial charge on any atom is -0.385 e. The Morgan fingerprint density at radius 3 is 2.50 bits per heavy atom. The van der Waals surface area contributed by atoms with E-state index in [1.165, 1.54) is 0 Å². The highest BCUT2D eigenvalue weighted by atomic mass is 35.5. The third-order valence-corrected chi connectivity index (χ3v) is 12.0. The average molecular weight is 657 g/mol. The van der Waals surface area contributed by atoms with Gasteiger partial charge in [-0.05, 0) is 74.6 Å². The third-order valence-electron chi connectivity index (χ3n) is 9.66. The van der Waals surface area contributed by atoms with Crippen LogP contribution in [-0.4, -0.2) is 51.0 Å². The summed E-state index contributed by atoms with van der Waals surface area (Å²) in [6, 6.07) is 8.50. The number of aliphatic hydroxyl groups is 1. The molecule has 7 rings (SSSR count). The van der Waals surface area contributed by atoms with Gasteiger partial charge in [-0.2, -0.15) is 0 Å². The Kier molecular flexibility index (Phi) is 8.12. The average Bonchev–Trinajstić information content (AvgIpc) is 3.59. The summed E-state index contributed by atoms with van der Waals surface area (Å²) in [4.78, 5) is 4.70. The van der Waals surface area contributed by atoms with Crippen molar-refractivity contribution in [2.45, 2.75) is 95.2 Å². The molecule has 1 N–H and O–H groups in total. The van der Waals surface area contributed by atoms with Crippen molar-refractivity contribution < 1.29 is 19.1 Å². The minimum absolute atomic E-state index is 0.00942. The van der Waals surface area contributed by atoms with Crippen molar-refractivity contribution in [1.29, 1.82) is 0 Å². The number of benzene rings is 1. The molecule has 0 amide bonds. The quantitative estimate of drug-likeness (QED) is 0.130. The van der Waals surface area contributed by atoms with Crippen molar-refractivity contribution in [2.24, 2.45) is 11.8 Å². The Morgan fingerprint density at radius 2 is 1.82 bits per heavy atom. The monoisotopic (exact) mass is 655 g/mol. The van der Waals surface area contributed by atoms with Crippen LogP contribution in [0.2, 0.25) is 35.7 Å². The van der Waals surface area contributed by atoms with Gasteiger partial charge in [-0.3, -0.25) is 0 Å². The van der Waals surface area contributed by atoms with E-state index in [1.807, 2.05) is 24.3 Å². The number of hydrogen-bond acceptors (Lipinski definition) is 8. The molecule has 12 heteroatoms. The summed E-state index contributed by atoms with van der Waals surface area (Å²) < 4.78 is 20.0. The summed E-state index contributed by atoms with van der Waals surface area (Å²) in [6.45, 7) is 8.39.